The molecule has 2 aromatic rings. The molecule has 1 amide bonds. The molecule has 3 nitrogen and oxygen atoms in total. The Morgan fingerprint density at radius 3 is 2.41 bits per heavy atom. The number of amides is 1. The summed E-state index contributed by atoms with van der Waals surface area (Å²) in [6.45, 7) is 1.99. The third kappa shape index (κ3) is 5.07. The van der Waals surface area contributed by atoms with Gasteiger partial charge in [-0.1, -0.05) is 28.1 Å². The van der Waals surface area contributed by atoms with Crippen molar-refractivity contribution in [3.8, 4) is 5.75 Å². The molecular formula is C17H18BrNO2S. The van der Waals surface area contributed by atoms with Crippen molar-refractivity contribution in [2.45, 2.75) is 17.9 Å². The first-order chi connectivity index (χ1) is 10.6. The highest BCUT2D eigenvalue weighted by Gasteiger charge is 2.10. The van der Waals surface area contributed by atoms with Gasteiger partial charge in [0.25, 0.3) is 0 Å². The summed E-state index contributed by atoms with van der Waals surface area (Å²) in [6, 6.07) is 15.7. The Morgan fingerprint density at radius 1 is 1.18 bits per heavy atom. The molecule has 0 aromatic heterocycles. The molecule has 0 radical (unpaired) electrons. The number of carbonyl (C=O) groups excluding carboxylic acids is 1. The second kappa shape index (κ2) is 8.25. The van der Waals surface area contributed by atoms with Crippen LogP contribution in [0.25, 0.3) is 0 Å². The first-order valence-electron chi connectivity index (χ1n) is 6.90. The van der Waals surface area contributed by atoms with Gasteiger partial charge in [-0.15, -0.1) is 11.8 Å². The summed E-state index contributed by atoms with van der Waals surface area (Å²) in [5.41, 5.74) is 1.09. The van der Waals surface area contributed by atoms with Crippen molar-refractivity contribution in [2.75, 3.05) is 12.9 Å². The van der Waals surface area contributed by atoms with Crippen LogP contribution in [0, 0.1) is 0 Å². The van der Waals surface area contributed by atoms with Gasteiger partial charge >= 0.3 is 0 Å². The van der Waals surface area contributed by atoms with E-state index in [0.29, 0.717) is 5.75 Å². The molecule has 116 valence electrons. The van der Waals surface area contributed by atoms with Crippen LogP contribution in [0.15, 0.2) is 57.9 Å². The molecule has 0 aliphatic rings. The predicted molar refractivity (Wildman–Crippen MR) is 94.4 cm³/mol. The molecule has 1 atom stereocenters. The molecule has 0 saturated heterocycles. The normalized spacial score (nSPS) is 11.8. The van der Waals surface area contributed by atoms with Crippen molar-refractivity contribution in [1.82, 2.24) is 5.32 Å². The number of hydrogen-bond acceptors (Lipinski definition) is 3. The Bertz CT molecular complexity index is 614. The van der Waals surface area contributed by atoms with E-state index in [-0.39, 0.29) is 11.9 Å². The number of rotatable bonds is 6. The number of thioether (sulfide) groups is 1. The summed E-state index contributed by atoms with van der Waals surface area (Å²) in [6.07, 6.45) is 0. The highest BCUT2D eigenvalue weighted by Crippen LogP contribution is 2.21. The molecule has 0 heterocycles. The second-order valence-corrected chi connectivity index (χ2v) is 6.77. The zero-order valence-electron chi connectivity index (χ0n) is 12.5. The number of nitrogens with one attached hydrogen (secondary N) is 1. The Hall–Kier alpha value is -1.46. The minimum atomic E-state index is -0.00272. The molecular weight excluding hydrogens is 362 g/mol. The van der Waals surface area contributed by atoms with Crippen LogP contribution in [0.5, 0.6) is 5.75 Å². The van der Waals surface area contributed by atoms with Gasteiger partial charge in [0.15, 0.2) is 0 Å². The Morgan fingerprint density at radius 2 is 1.82 bits per heavy atom. The monoisotopic (exact) mass is 379 g/mol. The maximum Gasteiger partial charge on any atom is 0.230 e. The van der Waals surface area contributed by atoms with Gasteiger partial charge in [-0.2, -0.15) is 0 Å². The first-order valence-corrected chi connectivity index (χ1v) is 8.68. The van der Waals surface area contributed by atoms with Gasteiger partial charge in [-0.05, 0) is 48.9 Å². The molecule has 0 unspecified atom stereocenters. The van der Waals surface area contributed by atoms with Crippen molar-refractivity contribution in [1.29, 1.82) is 0 Å². The van der Waals surface area contributed by atoms with E-state index in [9.17, 15) is 4.79 Å². The molecule has 1 N–H and O–H groups in total. The third-order valence-corrected chi connectivity index (χ3v) is 4.72. The Kier molecular flexibility index (Phi) is 6.34. The van der Waals surface area contributed by atoms with E-state index in [2.05, 4.69) is 21.2 Å². The molecule has 22 heavy (non-hydrogen) atoms. The van der Waals surface area contributed by atoms with Crippen LogP contribution in [-0.4, -0.2) is 18.8 Å². The fourth-order valence-corrected chi connectivity index (χ4v) is 2.91. The van der Waals surface area contributed by atoms with Crippen LogP contribution in [0.3, 0.4) is 0 Å². The van der Waals surface area contributed by atoms with E-state index in [0.717, 1.165) is 20.7 Å². The lowest BCUT2D eigenvalue weighted by atomic mass is 10.1. The fraction of sp³-hybridized carbons (Fsp3) is 0.235. The molecule has 0 fully saturated rings. The average Bonchev–Trinajstić information content (AvgIpc) is 2.54. The number of ether oxygens (including phenoxy) is 1. The summed E-state index contributed by atoms with van der Waals surface area (Å²) in [5, 5.41) is 3.01. The van der Waals surface area contributed by atoms with E-state index in [1.807, 2.05) is 55.5 Å². The summed E-state index contributed by atoms with van der Waals surface area (Å²) in [4.78, 5) is 13.1. The number of carbonyl (C=O) groups is 1. The van der Waals surface area contributed by atoms with E-state index in [4.69, 9.17) is 4.74 Å². The van der Waals surface area contributed by atoms with Crippen LogP contribution < -0.4 is 10.1 Å². The van der Waals surface area contributed by atoms with Crippen molar-refractivity contribution in [2.24, 2.45) is 0 Å². The van der Waals surface area contributed by atoms with Gasteiger partial charge in [0.05, 0.1) is 18.9 Å². The van der Waals surface area contributed by atoms with E-state index < -0.39 is 0 Å². The summed E-state index contributed by atoms with van der Waals surface area (Å²) >= 11 is 4.92. The smallest absolute Gasteiger partial charge is 0.230 e. The van der Waals surface area contributed by atoms with E-state index in [1.165, 1.54) is 11.8 Å². The second-order valence-electron chi connectivity index (χ2n) is 4.80. The fourth-order valence-electron chi connectivity index (χ4n) is 1.94. The van der Waals surface area contributed by atoms with Crippen molar-refractivity contribution in [3.05, 3.63) is 58.6 Å². The van der Waals surface area contributed by atoms with Gasteiger partial charge in [0.1, 0.15) is 5.75 Å². The highest BCUT2D eigenvalue weighted by atomic mass is 79.9. The minimum absolute atomic E-state index is 0.00272. The van der Waals surface area contributed by atoms with E-state index in [1.54, 1.807) is 7.11 Å². The number of methoxy groups -OCH3 is 1. The lowest BCUT2D eigenvalue weighted by Crippen LogP contribution is -2.28. The average molecular weight is 380 g/mol. The maximum absolute atomic E-state index is 12.0. The van der Waals surface area contributed by atoms with Crippen LogP contribution in [0.4, 0.5) is 0 Å². The molecule has 2 aromatic carbocycles. The zero-order valence-corrected chi connectivity index (χ0v) is 14.9. The standard InChI is InChI=1S/C17H18BrNO2S/c1-12(13-3-5-14(18)6-4-13)19-17(20)11-22-16-9-7-15(21-2)8-10-16/h3-10,12H,11H2,1-2H3,(H,19,20)/t12-/m1/s1. The Labute approximate surface area is 143 Å². The molecule has 5 heteroatoms. The van der Waals surface area contributed by atoms with Gasteiger partial charge in [-0.25, -0.2) is 0 Å². The number of hydrogen-bond donors (Lipinski definition) is 1. The maximum atomic E-state index is 12.0. The minimum Gasteiger partial charge on any atom is -0.497 e. The SMILES string of the molecule is COc1ccc(SCC(=O)N[C@H](C)c2ccc(Br)cc2)cc1. The number of halogens is 1. The lowest BCUT2D eigenvalue weighted by molar-refractivity contribution is -0.119. The molecule has 0 bridgehead atoms. The predicted octanol–water partition coefficient (Wildman–Crippen LogP) is 4.43. The lowest BCUT2D eigenvalue weighted by Gasteiger charge is -2.14. The van der Waals surface area contributed by atoms with Crippen molar-refractivity contribution < 1.29 is 9.53 Å². The quantitative estimate of drug-likeness (QED) is 0.754. The summed E-state index contributed by atoms with van der Waals surface area (Å²) in [7, 11) is 1.64. The Balaban J connectivity index is 1.83. The van der Waals surface area contributed by atoms with Crippen LogP contribution in [0.1, 0.15) is 18.5 Å². The van der Waals surface area contributed by atoms with Crippen LogP contribution in [-0.2, 0) is 4.79 Å². The largest absolute Gasteiger partial charge is 0.497 e. The third-order valence-electron chi connectivity index (χ3n) is 3.18. The van der Waals surface area contributed by atoms with Crippen molar-refractivity contribution >= 4 is 33.6 Å². The zero-order chi connectivity index (χ0) is 15.9. The van der Waals surface area contributed by atoms with E-state index >= 15 is 0 Å². The number of benzene rings is 2. The van der Waals surface area contributed by atoms with Crippen molar-refractivity contribution in [3.63, 3.8) is 0 Å². The highest BCUT2D eigenvalue weighted by molar-refractivity contribution is 9.10. The van der Waals surface area contributed by atoms with Gasteiger partial charge in [0.2, 0.25) is 5.91 Å². The summed E-state index contributed by atoms with van der Waals surface area (Å²) < 4.78 is 6.15. The molecule has 0 spiro atoms. The van der Waals surface area contributed by atoms with Gasteiger partial charge < -0.3 is 10.1 Å². The molecule has 0 aliphatic carbocycles. The van der Waals surface area contributed by atoms with Gasteiger partial charge in [-0.3, -0.25) is 4.79 Å². The topological polar surface area (TPSA) is 38.3 Å². The summed E-state index contributed by atoms with van der Waals surface area (Å²) in [5.74, 6) is 1.24. The molecule has 2 rings (SSSR count). The van der Waals surface area contributed by atoms with Gasteiger partial charge in [0, 0.05) is 9.37 Å². The molecule has 0 aliphatic heterocycles. The van der Waals surface area contributed by atoms with Crippen LogP contribution >= 0.6 is 27.7 Å². The van der Waals surface area contributed by atoms with Crippen LogP contribution in [0.2, 0.25) is 0 Å². The molecule has 0 saturated carbocycles. The first kappa shape index (κ1) is 16.9.